The molecule has 19 heavy (non-hydrogen) atoms. The van der Waals surface area contributed by atoms with Gasteiger partial charge in [0.2, 0.25) is 0 Å². The maximum absolute atomic E-state index is 12.4. The predicted molar refractivity (Wildman–Crippen MR) is 74.9 cm³/mol. The molecule has 0 aromatic heterocycles. The van der Waals surface area contributed by atoms with Gasteiger partial charge in [0.05, 0.1) is 12.0 Å². The molecule has 5 nitrogen and oxygen atoms in total. The number of halogens is 1. The largest absolute Gasteiger partial charge is 0.481 e. The van der Waals surface area contributed by atoms with Gasteiger partial charge in [0, 0.05) is 22.7 Å². The Morgan fingerprint density at radius 3 is 2.63 bits per heavy atom. The van der Waals surface area contributed by atoms with Crippen molar-refractivity contribution in [2.45, 2.75) is 25.3 Å². The second-order valence-corrected chi connectivity index (χ2v) is 5.52. The van der Waals surface area contributed by atoms with Crippen molar-refractivity contribution >= 4 is 33.5 Å². The number of carbonyl (C=O) groups is 2. The number of benzene rings is 1. The van der Waals surface area contributed by atoms with Crippen LogP contribution in [0.3, 0.4) is 0 Å². The first-order valence-corrected chi connectivity index (χ1v) is 6.86. The van der Waals surface area contributed by atoms with Gasteiger partial charge < -0.3 is 15.7 Å². The van der Waals surface area contributed by atoms with Crippen molar-refractivity contribution in [2.24, 2.45) is 0 Å². The van der Waals surface area contributed by atoms with Crippen LogP contribution in [0.5, 0.6) is 0 Å². The summed E-state index contributed by atoms with van der Waals surface area (Å²) in [7, 11) is 0. The fourth-order valence-electron chi connectivity index (χ4n) is 1.94. The fourth-order valence-corrected chi connectivity index (χ4v) is 2.31. The molecule has 0 aliphatic heterocycles. The number of anilines is 1. The average Bonchev–Trinajstić information content (AvgIpc) is 3.13. The zero-order chi connectivity index (χ0) is 14.0. The van der Waals surface area contributed by atoms with E-state index in [9.17, 15) is 9.59 Å². The molecule has 6 heteroatoms. The number of nitrogens with zero attached hydrogens (tertiary/aromatic N) is 1. The molecule has 0 spiro atoms. The van der Waals surface area contributed by atoms with Crippen molar-refractivity contribution in [2.75, 3.05) is 12.3 Å². The van der Waals surface area contributed by atoms with Crippen LogP contribution in [0, 0.1) is 0 Å². The molecule has 1 amide bonds. The Bertz CT molecular complexity index is 515. The van der Waals surface area contributed by atoms with Crippen molar-refractivity contribution in [1.29, 1.82) is 0 Å². The molecule has 1 aromatic rings. The SMILES string of the molecule is Nc1cc(Br)ccc1C(=O)N(CCC(=O)O)C1CC1. The number of nitrogen functional groups attached to an aromatic ring is 1. The molecule has 0 heterocycles. The summed E-state index contributed by atoms with van der Waals surface area (Å²) in [5, 5.41) is 8.74. The number of amides is 1. The number of rotatable bonds is 5. The molecule has 2 rings (SSSR count). The van der Waals surface area contributed by atoms with Gasteiger partial charge in [-0.2, -0.15) is 0 Å². The highest BCUT2D eigenvalue weighted by Crippen LogP contribution is 2.30. The highest BCUT2D eigenvalue weighted by molar-refractivity contribution is 9.10. The number of hydrogen-bond acceptors (Lipinski definition) is 3. The molecule has 1 aliphatic rings. The van der Waals surface area contributed by atoms with Crippen LogP contribution in [0.15, 0.2) is 22.7 Å². The summed E-state index contributed by atoms with van der Waals surface area (Å²) >= 11 is 3.29. The van der Waals surface area contributed by atoms with Crippen LogP contribution >= 0.6 is 15.9 Å². The van der Waals surface area contributed by atoms with E-state index in [1.54, 1.807) is 23.1 Å². The Balaban J connectivity index is 2.16. The van der Waals surface area contributed by atoms with E-state index in [1.807, 2.05) is 0 Å². The molecule has 3 N–H and O–H groups in total. The standard InChI is InChI=1S/C13H15BrN2O3/c14-8-1-4-10(11(15)7-8)13(19)16(9-2-3-9)6-5-12(17)18/h1,4,7,9H,2-3,5-6,15H2,(H,17,18). The molecular formula is C13H15BrN2O3. The Morgan fingerprint density at radius 2 is 2.11 bits per heavy atom. The maximum atomic E-state index is 12.4. The second-order valence-electron chi connectivity index (χ2n) is 4.61. The molecule has 1 aliphatic carbocycles. The van der Waals surface area contributed by atoms with Crippen LogP contribution in [0.2, 0.25) is 0 Å². The molecule has 0 unspecified atom stereocenters. The molecule has 0 bridgehead atoms. The fraction of sp³-hybridized carbons (Fsp3) is 0.385. The van der Waals surface area contributed by atoms with Crippen molar-refractivity contribution in [3.63, 3.8) is 0 Å². The lowest BCUT2D eigenvalue weighted by atomic mass is 10.1. The summed E-state index contributed by atoms with van der Waals surface area (Å²) in [4.78, 5) is 24.7. The average molecular weight is 327 g/mol. The molecule has 1 aromatic carbocycles. The van der Waals surface area contributed by atoms with Gasteiger partial charge >= 0.3 is 5.97 Å². The number of carboxylic acids is 1. The van der Waals surface area contributed by atoms with Gasteiger partial charge in [-0.1, -0.05) is 15.9 Å². The normalized spacial score (nSPS) is 14.2. The van der Waals surface area contributed by atoms with Gasteiger partial charge in [0.1, 0.15) is 0 Å². The van der Waals surface area contributed by atoms with Gasteiger partial charge in [-0.3, -0.25) is 9.59 Å². The molecule has 1 fully saturated rings. The number of carboxylic acid groups (broad SMARTS) is 1. The first-order chi connectivity index (χ1) is 8.99. The number of nitrogens with two attached hydrogens (primary N) is 1. The van der Waals surface area contributed by atoms with Gasteiger partial charge in [-0.15, -0.1) is 0 Å². The van der Waals surface area contributed by atoms with Crippen LogP contribution in [0.4, 0.5) is 5.69 Å². The van der Waals surface area contributed by atoms with Crippen LogP contribution in [0.25, 0.3) is 0 Å². The Kier molecular flexibility index (Phi) is 4.09. The molecule has 0 radical (unpaired) electrons. The minimum absolute atomic E-state index is 0.0430. The first-order valence-electron chi connectivity index (χ1n) is 6.07. The number of aliphatic carboxylic acids is 1. The van der Waals surface area contributed by atoms with Crippen LogP contribution in [-0.4, -0.2) is 34.5 Å². The van der Waals surface area contributed by atoms with E-state index in [2.05, 4.69) is 15.9 Å². The molecule has 0 saturated heterocycles. The quantitative estimate of drug-likeness (QED) is 0.812. The highest BCUT2D eigenvalue weighted by atomic mass is 79.9. The minimum atomic E-state index is -0.901. The van der Waals surface area contributed by atoms with E-state index in [1.165, 1.54) is 0 Å². The second kappa shape index (κ2) is 5.61. The molecule has 1 saturated carbocycles. The lowest BCUT2D eigenvalue weighted by Crippen LogP contribution is -2.35. The monoisotopic (exact) mass is 326 g/mol. The lowest BCUT2D eigenvalue weighted by molar-refractivity contribution is -0.137. The van der Waals surface area contributed by atoms with Crippen molar-refractivity contribution in [1.82, 2.24) is 4.90 Å². The summed E-state index contributed by atoms with van der Waals surface area (Å²) in [6.07, 6.45) is 1.82. The number of hydrogen-bond donors (Lipinski definition) is 2. The topological polar surface area (TPSA) is 83.6 Å². The third-order valence-corrected chi connectivity index (χ3v) is 3.55. The molecule has 102 valence electrons. The zero-order valence-corrected chi connectivity index (χ0v) is 11.9. The summed E-state index contributed by atoms with van der Waals surface area (Å²) < 4.78 is 0.810. The molecular weight excluding hydrogens is 312 g/mol. The third kappa shape index (κ3) is 3.47. The van der Waals surface area contributed by atoms with E-state index in [0.717, 1.165) is 17.3 Å². The summed E-state index contributed by atoms with van der Waals surface area (Å²) in [6.45, 7) is 0.230. The number of carbonyl (C=O) groups excluding carboxylic acids is 1. The van der Waals surface area contributed by atoms with Crippen LogP contribution in [-0.2, 0) is 4.79 Å². The van der Waals surface area contributed by atoms with E-state index in [-0.39, 0.29) is 24.9 Å². The molecule has 0 atom stereocenters. The van der Waals surface area contributed by atoms with Crippen LogP contribution < -0.4 is 5.73 Å². The minimum Gasteiger partial charge on any atom is -0.481 e. The smallest absolute Gasteiger partial charge is 0.305 e. The van der Waals surface area contributed by atoms with Gasteiger partial charge in [-0.25, -0.2) is 0 Å². The van der Waals surface area contributed by atoms with E-state index in [4.69, 9.17) is 10.8 Å². The Hall–Kier alpha value is -1.56. The van der Waals surface area contributed by atoms with Crippen molar-refractivity contribution < 1.29 is 14.7 Å². The lowest BCUT2D eigenvalue weighted by Gasteiger charge is -2.22. The third-order valence-electron chi connectivity index (χ3n) is 3.06. The first kappa shape index (κ1) is 13.9. The predicted octanol–water partition coefficient (Wildman–Crippen LogP) is 2.11. The highest BCUT2D eigenvalue weighted by Gasteiger charge is 2.33. The van der Waals surface area contributed by atoms with Crippen molar-refractivity contribution in [3.05, 3.63) is 28.2 Å². The van der Waals surface area contributed by atoms with E-state index < -0.39 is 5.97 Å². The van der Waals surface area contributed by atoms with E-state index in [0.29, 0.717) is 11.3 Å². The maximum Gasteiger partial charge on any atom is 0.305 e. The van der Waals surface area contributed by atoms with Gasteiger partial charge in [0.15, 0.2) is 0 Å². The van der Waals surface area contributed by atoms with Gasteiger partial charge in [0.25, 0.3) is 5.91 Å². The Morgan fingerprint density at radius 1 is 1.42 bits per heavy atom. The van der Waals surface area contributed by atoms with Gasteiger partial charge in [-0.05, 0) is 31.0 Å². The summed E-state index contributed by atoms with van der Waals surface area (Å²) in [6, 6.07) is 5.26. The zero-order valence-electron chi connectivity index (χ0n) is 10.3. The summed E-state index contributed by atoms with van der Waals surface area (Å²) in [5.41, 5.74) is 6.68. The Labute approximate surface area is 119 Å². The van der Waals surface area contributed by atoms with Crippen molar-refractivity contribution in [3.8, 4) is 0 Å². The van der Waals surface area contributed by atoms with E-state index >= 15 is 0 Å². The summed E-state index contributed by atoms with van der Waals surface area (Å²) in [5.74, 6) is -1.09. The van der Waals surface area contributed by atoms with Crippen LogP contribution in [0.1, 0.15) is 29.6 Å².